The molecular weight excluding hydrogens is 412 g/mol. The number of aromatic amines is 1. The Morgan fingerprint density at radius 3 is 2.55 bits per heavy atom. The van der Waals surface area contributed by atoms with Crippen molar-refractivity contribution in [3.8, 4) is 0 Å². The zero-order chi connectivity index (χ0) is 22.2. The summed E-state index contributed by atoms with van der Waals surface area (Å²) in [6, 6.07) is 18.5. The maximum atomic E-state index is 13.4. The second-order valence-corrected chi connectivity index (χ2v) is 9.08. The SMILES string of the molecule is O=C(c1nn(Cc2ccccc2)c2c1CN(Cc1nc3ccccc3[nH]1)CC2)N1CCCC1. The van der Waals surface area contributed by atoms with Gasteiger partial charge in [-0.2, -0.15) is 5.10 Å². The minimum absolute atomic E-state index is 0.0844. The largest absolute Gasteiger partial charge is 0.341 e. The van der Waals surface area contributed by atoms with Crippen molar-refractivity contribution in [2.75, 3.05) is 19.6 Å². The first-order chi connectivity index (χ1) is 16.2. The summed E-state index contributed by atoms with van der Waals surface area (Å²) in [7, 11) is 0. The smallest absolute Gasteiger partial charge is 0.274 e. The van der Waals surface area contributed by atoms with Gasteiger partial charge in [0.05, 0.1) is 24.1 Å². The predicted octanol–water partition coefficient (Wildman–Crippen LogP) is 3.60. The molecular formula is C26H28N6O. The van der Waals surface area contributed by atoms with Crippen LogP contribution in [-0.4, -0.2) is 55.1 Å². The van der Waals surface area contributed by atoms with Crippen molar-refractivity contribution >= 4 is 16.9 Å². The molecule has 33 heavy (non-hydrogen) atoms. The van der Waals surface area contributed by atoms with Gasteiger partial charge in [0.2, 0.25) is 0 Å². The first-order valence-corrected chi connectivity index (χ1v) is 11.8. The van der Waals surface area contributed by atoms with Gasteiger partial charge in [-0.05, 0) is 30.5 Å². The standard InChI is InChI=1S/C26H28N6O/c33-26(31-13-6-7-14-31)25-20-17-30(18-24-27-21-10-4-5-11-22(21)28-24)15-12-23(20)32(29-25)16-19-8-2-1-3-9-19/h1-5,8-11H,6-7,12-18H2,(H,27,28). The highest BCUT2D eigenvalue weighted by atomic mass is 16.2. The number of H-pyrrole nitrogens is 1. The van der Waals surface area contributed by atoms with E-state index in [0.717, 1.165) is 74.4 Å². The fraction of sp³-hybridized carbons (Fsp3) is 0.346. The van der Waals surface area contributed by atoms with Crippen molar-refractivity contribution in [3.63, 3.8) is 0 Å². The molecule has 2 aliphatic rings. The van der Waals surface area contributed by atoms with Crippen LogP contribution in [0.3, 0.4) is 0 Å². The number of likely N-dealkylation sites (tertiary alicyclic amines) is 1. The maximum Gasteiger partial charge on any atom is 0.274 e. The first-order valence-electron chi connectivity index (χ1n) is 11.8. The Hall–Kier alpha value is -3.45. The van der Waals surface area contributed by atoms with Crippen LogP contribution in [-0.2, 0) is 26.1 Å². The lowest BCUT2D eigenvalue weighted by Gasteiger charge is -2.27. The van der Waals surface area contributed by atoms with Crippen molar-refractivity contribution in [1.29, 1.82) is 0 Å². The number of carbonyl (C=O) groups is 1. The van der Waals surface area contributed by atoms with E-state index in [2.05, 4.69) is 44.9 Å². The molecule has 2 aliphatic heterocycles. The summed E-state index contributed by atoms with van der Waals surface area (Å²) in [6.45, 7) is 4.73. The number of para-hydroxylation sites is 2. The van der Waals surface area contributed by atoms with Crippen molar-refractivity contribution in [1.82, 2.24) is 29.5 Å². The van der Waals surface area contributed by atoms with E-state index in [1.165, 1.54) is 11.3 Å². The molecule has 0 aliphatic carbocycles. The van der Waals surface area contributed by atoms with Gasteiger partial charge in [0.25, 0.3) is 5.91 Å². The van der Waals surface area contributed by atoms with Gasteiger partial charge in [-0.3, -0.25) is 14.4 Å². The lowest BCUT2D eigenvalue weighted by Crippen LogP contribution is -2.33. The lowest BCUT2D eigenvalue weighted by atomic mass is 10.0. The van der Waals surface area contributed by atoms with Gasteiger partial charge in [-0.1, -0.05) is 42.5 Å². The Balaban J connectivity index is 1.30. The number of amides is 1. The number of nitrogens with one attached hydrogen (secondary N) is 1. The number of imidazole rings is 1. The first kappa shape index (κ1) is 20.2. The summed E-state index contributed by atoms with van der Waals surface area (Å²) in [5.41, 5.74) is 6.17. The van der Waals surface area contributed by atoms with E-state index in [0.29, 0.717) is 12.2 Å². The Labute approximate surface area is 193 Å². The van der Waals surface area contributed by atoms with Gasteiger partial charge in [0, 0.05) is 43.9 Å². The number of fused-ring (bicyclic) bond motifs is 2. The number of hydrogen-bond acceptors (Lipinski definition) is 4. The summed E-state index contributed by atoms with van der Waals surface area (Å²) >= 11 is 0. The zero-order valence-corrected chi connectivity index (χ0v) is 18.7. The van der Waals surface area contributed by atoms with E-state index in [-0.39, 0.29) is 5.91 Å². The normalized spacial score (nSPS) is 16.4. The highest BCUT2D eigenvalue weighted by molar-refractivity contribution is 5.94. The summed E-state index contributed by atoms with van der Waals surface area (Å²) < 4.78 is 2.06. The zero-order valence-electron chi connectivity index (χ0n) is 18.7. The summed E-state index contributed by atoms with van der Waals surface area (Å²) in [6.07, 6.45) is 3.04. The number of hydrogen-bond donors (Lipinski definition) is 1. The highest BCUT2D eigenvalue weighted by Gasteiger charge is 2.31. The van der Waals surface area contributed by atoms with E-state index < -0.39 is 0 Å². The van der Waals surface area contributed by atoms with E-state index >= 15 is 0 Å². The molecule has 1 fully saturated rings. The number of benzene rings is 2. The van der Waals surface area contributed by atoms with Gasteiger partial charge in [-0.25, -0.2) is 4.98 Å². The van der Waals surface area contributed by atoms with Crippen LogP contribution in [0.25, 0.3) is 11.0 Å². The van der Waals surface area contributed by atoms with Gasteiger partial charge in [0.15, 0.2) is 5.69 Å². The molecule has 0 saturated carbocycles. The van der Waals surface area contributed by atoms with Crippen LogP contribution in [0.2, 0.25) is 0 Å². The second kappa shape index (κ2) is 8.48. The Morgan fingerprint density at radius 1 is 0.939 bits per heavy atom. The molecule has 0 atom stereocenters. The molecule has 1 amide bonds. The predicted molar refractivity (Wildman–Crippen MR) is 127 cm³/mol. The van der Waals surface area contributed by atoms with Gasteiger partial charge < -0.3 is 9.88 Å². The number of carbonyl (C=O) groups excluding carboxylic acids is 1. The average molecular weight is 441 g/mol. The topological polar surface area (TPSA) is 70.0 Å². The Kier molecular flexibility index (Phi) is 5.19. The molecule has 7 heteroatoms. The Bertz CT molecular complexity index is 1250. The van der Waals surface area contributed by atoms with Crippen LogP contribution in [0.4, 0.5) is 0 Å². The summed E-state index contributed by atoms with van der Waals surface area (Å²) in [5.74, 6) is 1.05. The quantitative estimate of drug-likeness (QED) is 0.515. The van der Waals surface area contributed by atoms with Crippen LogP contribution in [0, 0.1) is 0 Å². The molecule has 6 rings (SSSR count). The molecule has 2 aromatic heterocycles. The summed E-state index contributed by atoms with van der Waals surface area (Å²) in [4.78, 5) is 25.9. The molecule has 0 unspecified atom stereocenters. The monoisotopic (exact) mass is 440 g/mol. The van der Waals surface area contributed by atoms with Crippen molar-refractivity contribution in [3.05, 3.63) is 82.9 Å². The molecule has 1 saturated heterocycles. The van der Waals surface area contributed by atoms with Crippen molar-refractivity contribution in [2.24, 2.45) is 0 Å². The van der Waals surface area contributed by atoms with Crippen LogP contribution in [0.1, 0.15) is 46.0 Å². The molecule has 7 nitrogen and oxygen atoms in total. The van der Waals surface area contributed by atoms with Crippen LogP contribution >= 0.6 is 0 Å². The molecule has 4 heterocycles. The van der Waals surface area contributed by atoms with Crippen LogP contribution in [0.15, 0.2) is 54.6 Å². The van der Waals surface area contributed by atoms with Crippen LogP contribution in [0.5, 0.6) is 0 Å². The van der Waals surface area contributed by atoms with Crippen molar-refractivity contribution in [2.45, 2.75) is 38.9 Å². The molecule has 0 spiro atoms. The average Bonchev–Trinajstić information content (AvgIpc) is 3.58. The molecule has 2 aromatic carbocycles. The van der Waals surface area contributed by atoms with E-state index in [1.807, 2.05) is 29.2 Å². The van der Waals surface area contributed by atoms with E-state index in [9.17, 15) is 4.79 Å². The fourth-order valence-electron chi connectivity index (χ4n) is 5.10. The van der Waals surface area contributed by atoms with Crippen LogP contribution < -0.4 is 0 Å². The molecule has 0 bridgehead atoms. The van der Waals surface area contributed by atoms with E-state index in [4.69, 9.17) is 10.1 Å². The third-order valence-electron chi connectivity index (χ3n) is 6.80. The molecule has 0 radical (unpaired) electrons. The Morgan fingerprint density at radius 2 is 1.73 bits per heavy atom. The third-order valence-corrected chi connectivity index (χ3v) is 6.80. The minimum atomic E-state index is 0.0844. The number of aromatic nitrogens is 4. The number of nitrogens with zero attached hydrogens (tertiary/aromatic N) is 5. The summed E-state index contributed by atoms with van der Waals surface area (Å²) in [5, 5.41) is 4.88. The lowest BCUT2D eigenvalue weighted by molar-refractivity contribution is 0.0783. The highest BCUT2D eigenvalue weighted by Crippen LogP contribution is 2.27. The van der Waals surface area contributed by atoms with Gasteiger partial charge in [0.1, 0.15) is 5.82 Å². The minimum Gasteiger partial charge on any atom is -0.341 e. The third kappa shape index (κ3) is 3.93. The molecule has 4 aromatic rings. The number of rotatable bonds is 5. The van der Waals surface area contributed by atoms with Gasteiger partial charge >= 0.3 is 0 Å². The fourth-order valence-corrected chi connectivity index (χ4v) is 5.10. The maximum absolute atomic E-state index is 13.4. The second-order valence-electron chi connectivity index (χ2n) is 9.08. The van der Waals surface area contributed by atoms with Crippen molar-refractivity contribution < 1.29 is 4.79 Å². The van der Waals surface area contributed by atoms with E-state index in [1.54, 1.807) is 0 Å². The molecule has 168 valence electrons. The van der Waals surface area contributed by atoms with Gasteiger partial charge in [-0.15, -0.1) is 0 Å². The molecule has 1 N–H and O–H groups in total.